The summed E-state index contributed by atoms with van der Waals surface area (Å²) >= 11 is 5.25. The molecule has 0 radical (unpaired) electrons. The molecule has 0 saturated carbocycles. The van der Waals surface area contributed by atoms with Crippen LogP contribution < -0.4 is 5.32 Å². The van der Waals surface area contributed by atoms with Crippen LogP contribution in [-0.4, -0.2) is 6.04 Å². The van der Waals surface area contributed by atoms with Gasteiger partial charge in [0.25, 0.3) is 0 Å². The van der Waals surface area contributed by atoms with Crippen molar-refractivity contribution in [3.63, 3.8) is 0 Å². The van der Waals surface area contributed by atoms with Crippen LogP contribution in [-0.2, 0) is 0 Å². The van der Waals surface area contributed by atoms with Gasteiger partial charge in [-0.2, -0.15) is 0 Å². The molecule has 0 spiro atoms. The van der Waals surface area contributed by atoms with Crippen LogP contribution in [0.2, 0.25) is 0 Å². The van der Waals surface area contributed by atoms with Gasteiger partial charge in [-0.3, -0.25) is 0 Å². The number of nitrogens with one attached hydrogen (secondary N) is 1. The van der Waals surface area contributed by atoms with Crippen LogP contribution in [0.4, 0.5) is 0 Å². The fraction of sp³-hybridized carbons (Fsp3) is 0.556. The molecule has 0 bridgehead atoms. The highest BCUT2D eigenvalue weighted by Crippen LogP contribution is 2.27. The standard InChI is InChI=1S/C9H14BrNS/c1-6(2)11-7(3)8-4-5-9(10)12-8/h4-7,11H,1-3H3. The molecule has 1 unspecified atom stereocenters. The molecule has 0 aliphatic rings. The van der Waals surface area contributed by atoms with E-state index < -0.39 is 0 Å². The average molecular weight is 248 g/mol. The molecule has 1 heterocycles. The van der Waals surface area contributed by atoms with Crippen molar-refractivity contribution >= 4 is 27.3 Å². The second kappa shape index (κ2) is 4.40. The summed E-state index contributed by atoms with van der Waals surface area (Å²) < 4.78 is 1.20. The largest absolute Gasteiger partial charge is 0.307 e. The van der Waals surface area contributed by atoms with Gasteiger partial charge in [-0.15, -0.1) is 11.3 Å². The maximum Gasteiger partial charge on any atom is 0.0701 e. The van der Waals surface area contributed by atoms with E-state index in [1.807, 2.05) is 0 Å². The molecule has 3 heteroatoms. The van der Waals surface area contributed by atoms with Gasteiger partial charge < -0.3 is 5.32 Å². The van der Waals surface area contributed by atoms with Gasteiger partial charge in [-0.1, -0.05) is 13.8 Å². The van der Waals surface area contributed by atoms with Gasteiger partial charge in [-0.25, -0.2) is 0 Å². The zero-order chi connectivity index (χ0) is 9.14. The zero-order valence-corrected chi connectivity index (χ0v) is 10.00. The van der Waals surface area contributed by atoms with Crippen LogP contribution >= 0.6 is 27.3 Å². The summed E-state index contributed by atoms with van der Waals surface area (Å²) in [4.78, 5) is 1.38. The average Bonchev–Trinajstić information content (AvgIpc) is 2.34. The normalized spacial score (nSPS) is 13.8. The molecular formula is C9H14BrNS. The molecule has 1 aromatic rings. The Labute approximate surface area is 86.3 Å². The molecule has 0 aliphatic carbocycles. The molecule has 1 N–H and O–H groups in total. The first-order chi connectivity index (χ1) is 5.59. The monoisotopic (exact) mass is 247 g/mol. The van der Waals surface area contributed by atoms with E-state index in [4.69, 9.17) is 0 Å². The Morgan fingerprint density at radius 3 is 2.42 bits per heavy atom. The first-order valence-corrected chi connectivity index (χ1v) is 5.72. The van der Waals surface area contributed by atoms with E-state index in [2.05, 4.69) is 54.2 Å². The van der Waals surface area contributed by atoms with Crippen molar-refractivity contribution < 1.29 is 0 Å². The van der Waals surface area contributed by atoms with Crippen LogP contribution in [0, 0.1) is 0 Å². The number of hydrogen-bond donors (Lipinski definition) is 1. The van der Waals surface area contributed by atoms with Crippen LogP contribution in [0.25, 0.3) is 0 Å². The van der Waals surface area contributed by atoms with Crippen LogP contribution in [0.15, 0.2) is 15.9 Å². The quantitative estimate of drug-likeness (QED) is 0.862. The highest BCUT2D eigenvalue weighted by atomic mass is 79.9. The summed E-state index contributed by atoms with van der Waals surface area (Å²) in [5, 5.41) is 3.46. The highest BCUT2D eigenvalue weighted by Gasteiger charge is 2.07. The Kier molecular flexibility index (Phi) is 3.75. The second-order valence-corrected chi connectivity index (χ2v) is 5.68. The Bertz CT molecular complexity index is 244. The van der Waals surface area contributed by atoms with E-state index in [0.717, 1.165) is 0 Å². The highest BCUT2D eigenvalue weighted by molar-refractivity contribution is 9.11. The van der Waals surface area contributed by atoms with Crippen molar-refractivity contribution in [3.8, 4) is 0 Å². The van der Waals surface area contributed by atoms with Crippen LogP contribution in [0.3, 0.4) is 0 Å². The fourth-order valence-electron chi connectivity index (χ4n) is 1.14. The molecule has 1 nitrogen and oxygen atoms in total. The third-order valence-corrected chi connectivity index (χ3v) is 3.41. The lowest BCUT2D eigenvalue weighted by Crippen LogP contribution is -2.25. The minimum Gasteiger partial charge on any atom is -0.307 e. The number of hydrogen-bond acceptors (Lipinski definition) is 2. The summed E-state index contributed by atoms with van der Waals surface area (Å²) in [6.45, 7) is 6.52. The third-order valence-electron chi connectivity index (χ3n) is 1.60. The van der Waals surface area contributed by atoms with Gasteiger partial charge >= 0.3 is 0 Å². The topological polar surface area (TPSA) is 12.0 Å². The maximum atomic E-state index is 3.46. The molecule has 0 amide bonds. The first-order valence-electron chi connectivity index (χ1n) is 4.11. The van der Waals surface area contributed by atoms with E-state index in [1.165, 1.54) is 8.66 Å². The van der Waals surface area contributed by atoms with Crippen LogP contribution in [0.1, 0.15) is 31.7 Å². The SMILES string of the molecule is CC(C)NC(C)c1ccc(Br)s1. The van der Waals surface area contributed by atoms with Crippen molar-refractivity contribution in [2.24, 2.45) is 0 Å². The van der Waals surface area contributed by atoms with Crippen molar-refractivity contribution in [1.82, 2.24) is 5.32 Å². The van der Waals surface area contributed by atoms with Crippen LogP contribution in [0.5, 0.6) is 0 Å². The van der Waals surface area contributed by atoms with E-state index in [9.17, 15) is 0 Å². The van der Waals surface area contributed by atoms with Crippen molar-refractivity contribution in [3.05, 3.63) is 20.8 Å². The summed E-state index contributed by atoms with van der Waals surface area (Å²) in [6.07, 6.45) is 0. The van der Waals surface area contributed by atoms with Gasteiger partial charge in [0, 0.05) is 17.0 Å². The minimum absolute atomic E-state index is 0.460. The fourth-order valence-corrected chi connectivity index (χ4v) is 2.58. The predicted molar refractivity (Wildman–Crippen MR) is 58.7 cm³/mol. The van der Waals surface area contributed by atoms with Crippen molar-refractivity contribution in [1.29, 1.82) is 0 Å². The Balaban J connectivity index is 2.58. The lowest BCUT2D eigenvalue weighted by molar-refractivity contribution is 0.512. The maximum absolute atomic E-state index is 3.46. The Morgan fingerprint density at radius 1 is 1.33 bits per heavy atom. The van der Waals surface area contributed by atoms with E-state index in [0.29, 0.717) is 12.1 Å². The van der Waals surface area contributed by atoms with Crippen molar-refractivity contribution in [2.75, 3.05) is 0 Å². The summed E-state index contributed by atoms with van der Waals surface area (Å²) in [6, 6.07) is 5.26. The number of rotatable bonds is 3. The lowest BCUT2D eigenvalue weighted by Gasteiger charge is -2.14. The predicted octanol–water partition coefficient (Wildman–Crippen LogP) is 3.57. The van der Waals surface area contributed by atoms with Gasteiger partial charge in [0.15, 0.2) is 0 Å². The summed E-state index contributed by atoms with van der Waals surface area (Å²) in [7, 11) is 0. The zero-order valence-electron chi connectivity index (χ0n) is 7.60. The number of halogens is 1. The molecule has 1 atom stereocenters. The molecule has 1 aromatic heterocycles. The van der Waals surface area contributed by atoms with Crippen molar-refractivity contribution in [2.45, 2.75) is 32.9 Å². The van der Waals surface area contributed by atoms with Gasteiger partial charge in [0.05, 0.1) is 3.79 Å². The molecule has 0 aliphatic heterocycles. The smallest absolute Gasteiger partial charge is 0.0701 e. The number of thiophene rings is 1. The molecule has 0 fully saturated rings. The summed E-state index contributed by atoms with van der Waals surface area (Å²) in [5.74, 6) is 0. The first kappa shape index (κ1) is 10.2. The Morgan fingerprint density at radius 2 is 2.00 bits per heavy atom. The molecule has 0 aromatic carbocycles. The minimum atomic E-state index is 0.460. The molecule has 1 rings (SSSR count). The molecule has 68 valence electrons. The van der Waals surface area contributed by atoms with E-state index in [-0.39, 0.29) is 0 Å². The second-order valence-electron chi connectivity index (χ2n) is 3.18. The third kappa shape index (κ3) is 2.88. The Hall–Kier alpha value is 0.140. The molecule has 12 heavy (non-hydrogen) atoms. The van der Waals surface area contributed by atoms with E-state index >= 15 is 0 Å². The lowest BCUT2D eigenvalue weighted by atomic mass is 10.2. The van der Waals surface area contributed by atoms with E-state index in [1.54, 1.807) is 11.3 Å². The van der Waals surface area contributed by atoms with Gasteiger partial charge in [0.2, 0.25) is 0 Å². The molecular weight excluding hydrogens is 234 g/mol. The van der Waals surface area contributed by atoms with Gasteiger partial charge in [0.1, 0.15) is 0 Å². The summed E-state index contributed by atoms with van der Waals surface area (Å²) in [5.41, 5.74) is 0. The van der Waals surface area contributed by atoms with Gasteiger partial charge in [-0.05, 0) is 35.0 Å². The molecule has 0 saturated heterocycles.